The quantitative estimate of drug-likeness (QED) is 0.0195. The van der Waals surface area contributed by atoms with Crippen molar-refractivity contribution in [1.29, 1.82) is 0 Å². The zero-order chi connectivity index (χ0) is 55.6. The predicted molar refractivity (Wildman–Crippen MR) is 323 cm³/mol. The third-order valence-electron chi connectivity index (χ3n) is 11.5. The van der Waals surface area contributed by atoms with Crippen LogP contribution in [0.25, 0.3) is 0 Å². The average molecular weight is 1070 g/mol. The summed E-state index contributed by atoms with van der Waals surface area (Å²) in [5.41, 5.74) is 0. The summed E-state index contributed by atoms with van der Waals surface area (Å²) in [5.74, 6) is -0.889. The van der Waals surface area contributed by atoms with E-state index in [1.807, 2.05) is 21.1 Å². The van der Waals surface area contributed by atoms with Gasteiger partial charge in [0.05, 0.1) is 27.7 Å². The van der Waals surface area contributed by atoms with Gasteiger partial charge in [0.15, 0.2) is 6.10 Å². The van der Waals surface area contributed by atoms with Gasteiger partial charge in [-0.25, -0.2) is 0 Å². The van der Waals surface area contributed by atoms with Crippen LogP contribution in [0.5, 0.6) is 0 Å². The topological polar surface area (TPSA) is 111 Å². The zero-order valence-corrected chi connectivity index (χ0v) is 49.3. The molecule has 76 heavy (non-hydrogen) atoms. The number of phosphoric ester groups is 1. The van der Waals surface area contributed by atoms with Crippen molar-refractivity contribution in [1.82, 2.24) is 0 Å². The molecule has 0 saturated carbocycles. The Kier molecular flexibility index (Phi) is 52.2. The number of nitrogens with zero attached hydrogens (tertiary/aromatic N) is 1. The van der Waals surface area contributed by atoms with Gasteiger partial charge in [-0.15, -0.1) is 0 Å². The molecule has 0 aliphatic heterocycles. The Hall–Kier alpha value is -4.37. The number of quaternary nitrogens is 1. The molecule has 0 radical (unpaired) electrons. The molecule has 10 heteroatoms. The molecule has 0 amide bonds. The lowest BCUT2D eigenvalue weighted by molar-refractivity contribution is -0.870. The molecule has 2 atom stereocenters. The number of esters is 2. The first-order valence-electron chi connectivity index (χ1n) is 29.2. The summed E-state index contributed by atoms with van der Waals surface area (Å²) in [5, 5.41) is 0. The first-order chi connectivity index (χ1) is 37.0. The smallest absolute Gasteiger partial charge is 0.306 e. The monoisotopic (exact) mass is 1070 g/mol. The predicted octanol–water partition coefficient (Wildman–Crippen LogP) is 17.8. The van der Waals surface area contributed by atoms with E-state index in [2.05, 4.69) is 172 Å². The molecule has 0 saturated heterocycles. The number of carbonyl (C=O) groups is 2. The van der Waals surface area contributed by atoms with E-state index < -0.39 is 32.5 Å². The molecule has 0 aromatic carbocycles. The largest absolute Gasteiger partial charge is 0.756 e. The second-order valence-corrected chi connectivity index (χ2v) is 21.3. The Morgan fingerprint density at radius 3 is 1.05 bits per heavy atom. The van der Waals surface area contributed by atoms with Gasteiger partial charge in [-0.3, -0.25) is 14.2 Å². The van der Waals surface area contributed by atoms with Crippen molar-refractivity contribution in [2.45, 2.75) is 200 Å². The number of allylic oxidation sites excluding steroid dienone is 26. The highest BCUT2D eigenvalue weighted by atomic mass is 31.2. The van der Waals surface area contributed by atoms with E-state index in [0.717, 1.165) is 141 Å². The summed E-state index contributed by atoms with van der Waals surface area (Å²) in [6, 6.07) is 0. The van der Waals surface area contributed by atoms with Gasteiger partial charge in [0, 0.05) is 12.8 Å². The Balaban J connectivity index is 4.24. The lowest BCUT2D eigenvalue weighted by Gasteiger charge is -2.28. The maximum absolute atomic E-state index is 12.8. The molecule has 0 rings (SSSR count). The normalized spacial score (nSPS) is 14.4. The second kappa shape index (κ2) is 55.4. The van der Waals surface area contributed by atoms with Gasteiger partial charge in [-0.05, 0) is 122 Å². The van der Waals surface area contributed by atoms with E-state index in [4.69, 9.17) is 18.5 Å². The van der Waals surface area contributed by atoms with E-state index in [0.29, 0.717) is 23.9 Å². The summed E-state index contributed by atoms with van der Waals surface area (Å²) >= 11 is 0. The van der Waals surface area contributed by atoms with Gasteiger partial charge in [-0.1, -0.05) is 217 Å². The molecule has 0 aromatic rings. The maximum atomic E-state index is 12.8. The summed E-state index contributed by atoms with van der Waals surface area (Å²) in [6.45, 7) is 3.94. The molecule has 2 unspecified atom stereocenters. The van der Waals surface area contributed by atoms with E-state index in [1.165, 1.54) is 12.8 Å². The van der Waals surface area contributed by atoms with Crippen LogP contribution in [0.4, 0.5) is 0 Å². The van der Waals surface area contributed by atoms with Crippen LogP contribution >= 0.6 is 7.82 Å². The number of likely N-dealkylation sites (N-methyl/N-ethyl adjacent to an activating group) is 1. The highest BCUT2D eigenvalue weighted by Gasteiger charge is 2.21. The molecule has 9 nitrogen and oxygen atoms in total. The fraction of sp³-hybridized carbons (Fsp3) is 0.576. The molecule has 0 spiro atoms. The van der Waals surface area contributed by atoms with Crippen molar-refractivity contribution in [2.24, 2.45) is 0 Å². The number of ether oxygens (including phenoxy) is 2. The summed E-state index contributed by atoms with van der Waals surface area (Å²) in [4.78, 5) is 37.8. The van der Waals surface area contributed by atoms with Gasteiger partial charge in [0.25, 0.3) is 7.82 Å². The van der Waals surface area contributed by atoms with Crippen molar-refractivity contribution >= 4 is 19.8 Å². The minimum Gasteiger partial charge on any atom is -0.756 e. The Labute approximate surface area is 465 Å². The highest BCUT2D eigenvalue weighted by molar-refractivity contribution is 7.45. The zero-order valence-electron chi connectivity index (χ0n) is 48.4. The summed E-state index contributed by atoms with van der Waals surface area (Å²) in [7, 11) is 1.12. The van der Waals surface area contributed by atoms with E-state index in [1.54, 1.807) is 0 Å². The number of unbranched alkanes of at least 4 members (excludes halogenated alkanes) is 11. The molecule has 428 valence electrons. The number of phosphoric acid groups is 1. The molecule has 0 heterocycles. The molecule has 0 fully saturated rings. The van der Waals surface area contributed by atoms with Crippen LogP contribution in [0.15, 0.2) is 158 Å². The SMILES string of the molecule is CC/C=C\C/C=C\C/C=C\C/C=C\C/C=C\C/C=C\C/C=C\C/C=C\C/C=C\CCCCCCCCCC(=O)OC(COC(=O)CCCCCC/C=C\C/C=C\C/C=C\C/C=C\CC)COP(=O)([O-])OCC[N+](C)(C)C. The molecule has 0 aliphatic rings. The van der Waals surface area contributed by atoms with Gasteiger partial charge in [0.1, 0.15) is 19.8 Å². The van der Waals surface area contributed by atoms with Crippen LogP contribution in [0.3, 0.4) is 0 Å². The molecule has 0 aromatic heterocycles. The van der Waals surface area contributed by atoms with Gasteiger partial charge >= 0.3 is 11.9 Å². The Morgan fingerprint density at radius 1 is 0.408 bits per heavy atom. The number of rotatable bonds is 51. The number of hydrogen-bond acceptors (Lipinski definition) is 8. The third kappa shape index (κ3) is 58.9. The van der Waals surface area contributed by atoms with Crippen molar-refractivity contribution in [2.75, 3.05) is 47.5 Å². The highest BCUT2D eigenvalue weighted by Crippen LogP contribution is 2.38. The molecular formula is C66H106NO8P. The second-order valence-electron chi connectivity index (χ2n) is 19.9. The fourth-order valence-corrected chi connectivity index (χ4v) is 7.84. The molecule has 0 bridgehead atoms. The average Bonchev–Trinajstić information content (AvgIpc) is 3.38. The Morgan fingerprint density at radius 2 is 0.711 bits per heavy atom. The first-order valence-corrected chi connectivity index (χ1v) is 30.7. The number of carbonyl (C=O) groups excluding carboxylic acids is 2. The van der Waals surface area contributed by atoms with Crippen LogP contribution in [0.2, 0.25) is 0 Å². The molecule has 0 aliphatic carbocycles. The summed E-state index contributed by atoms with van der Waals surface area (Å²) in [6.07, 6.45) is 82.9. The number of hydrogen-bond donors (Lipinski definition) is 0. The van der Waals surface area contributed by atoms with Gasteiger partial charge in [-0.2, -0.15) is 0 Å². The van der Waals surface area contributed by atoms with Gasteiger partial charge in [0.2, 0.25) is 0 Å². The van der Waals surface area contributed by atoms with Crippen LogP contribution in [0.1, 0.15) is 194 Å². The van der Waals surface area contributed by atoms with Crippen molar-refractivity contribution in [3.63, 3.8) is 0 Å². The van der Waals surface area contributed by atoms with Crippen LogP contribution in [0, 0.1) is 0 Å². The van der Waals surface area contributed by atoms with Crippen LogP contribution in [-0.4, -0.2) is 70.0 Å². The lowest BCUT2D eigenvalue weighted by atomic mass is 10.1. The maximum Gasteiger partial charge on any atom is 0.306 e. The van der Waals surface area contributed by atoms with Crippen molar-refractivity contribution in [3.8, 4) is 0 Å². The van der Waals surface area contributed by atoms with Crippen LogP contribution < -0.4 is 4.89 Å². The van der Waals surface area contributed by atoms with Gasteiger partial charge < -0.3 is 27.9 Å². The van der Waals surface area contributed by atoms with Crippen LogP contribution in [-0.2, 0) is 32.7 Å². The summed E-state index contributed by atoms with van der Waals surface area (Å²) < 4.78 is 34.1. The van der Waals surface area contributed by atoms with E-state index in [9.17, 15) is 19.0 Å². The van der Waals surface area contributed by atoms with Crippen molar-refractivity contribution < 1.29 is 42.1 Å². The Bertz CT molecular complexity index is 1840. The van der Waals surface area contributed by atoms with E-state index >= 15 is 0 Å². The molecular weight excluding hydrogens is 966 g/mol. The lowest BCUT2D eigenvalue weighted by Crippen LogP contribution is -2.37. The molecule has 0 N–H and O–H groups in total. The minimum atomic E-state index is -4.66. The minimum absolute atomic E-state index is 0.0468. The first kappa shape index (κ1) is 71.6. The van der Waals surface area contributed by atoms with E-state index in [-0.39, 0.29) is 26.1 Å². The van der Waals surface area contributed by atoms with Crippen molar-refractivity contribution in [3.05, 3.63) is 158 Å². The third-order valence-corrected chi connectivity index (χ3v) is 12.5. The fourth-order valence-electron chi connectivity index (χ4n) is 7.11. The standard InChI is InChI=1S/C66H106NO8P/c1-6-8-10-12-14-16-18-20-22-24-25-26-27-28-29-30-31-32-33-34-35-36-37-38-39-40-41-43-45-47-49-51-53-55-57-59-66(69)75-64(63-74-76(70,71)73-61-60-67(3,4)5)62-72-65(68)58-56-54-52-50-48-46-44-42-23-21-19-17-15-13-11-9-7-2/h8-11,14-17,20-23,25-26,28-29,31-32,34-35,37-38,40-41,44,46,64H,6-7,12-13,18-19,24,27,30,33,36,39,42-43,45,47-63H2,1-5H3/b10-8-,11-9-,16-14-,17-15-,22-20-,23-21-,26-25-,29-28-,32-31-,35-34-,38-37-,41-40-,46-44-.